The van der Waals surface area contributed by atoms with Gasteiger partial charge in [0.1, 0.15) is 15.7 Å². The normalized spacial score (nSPS) is 14.8. The molecule has 3 rings (SSSR count). The van der Waals surface area contributed by atoms with E-state index < -0.39 is 6.29 Å². The van der Waals surface area contributed by atoms with E-state index in [2.05, 4.69) is 34.0 Å². The van der Waals surface area contributed by atoms with Crippen LogP contribution in [0, 0.1) is 0 Å². The predicted molar refractivity (Wildman–Crippen MR) is 92.5 cm³/mol. The number of rotatable bonds is 6. The lowest BCUT2D eigenvalue weighted by molar-refractivity contribution is -0.0442. The fraction of sp³-hybridized carbons (Fsp3) is 0.438. The zero-order valence-electron chi connectivity index (χ0n) is 13.7. The molecule has 1 aliphatic heterocycles. The van der Waals surface area contributed by atoms with Crippen molar-refractivity contribution in [1.82, 2.24) is 9.97 Å². The van der Waals surface area contributed by atoms with E-state index in [1.54, 1.807) is 6.20 Å². The van der Waals surface area contributed by atoms with Crippen LogP contribution in [0.25, 0.3) is 0 Å². The zero-order chi connectivity index (χ0) is 16.9. The summed E-state index contributed by atoms with van der Waals surface area (Å²) in [5, 5.41) is 3.49. The van der Waals surface area contributed by atoms with Crippen molar-refractivity contribution in [2.24, 2.45) is 0 Å². The summed E-state index contributed by atoms with van der Waals surface area (Å²) in [5.41, 5.74) is 0.652. The van der Waals surface area contributed by atoms with Crippen molar-refractivity contribution in [2.45, 2.75) is 20.1 Å². The first-order valence-electron chi connectivity index (χ1n) is 7.92. The topological polar surface area (TPSA) is 76.6 Å². The molecule has 0 atom stereocenters. The van der Waals surface area contributed by atoms with Crippen molar-refractivity contribution in [3.63, 3.8) is 0 Å². The van der Waals surface area contributed by atoms with Crippen LogP contribution in [0.5, 0.6) is 0 Å². The van der Waals surface area contributed by atoms with E-state index in [0.29, 0.717) is 28.8 Å². The van der Waals surface area contributed by atoms with Crippen molar-refractivity contribution in [2.75, 3.05) is 36.5 Å². The first-order chi connectivity index (χ1) is 11.7. The van der Waals surface area contributed by atoms with E-state index in [1.807, 2.05) is 12.1 Å². The molecule has 0 aromatic carbocycles. The molecule has 0 radical (unpaired) electrons. The van der Waals surface area contributed by atoms with Gasteiger partial charge in [0.25, 0.3) is 5.91 Å². The Bertz CT molecular complexity index is 679. The van der Waals surface area contributed by atoms with Crippen LogP contribution in [0.15, 0.2) is 24.5 Å². The number of hydrogen-bond donors (Lipinski definition) is 1. The van der Waals surface area contributed by atoms with Crippen molar-refractivity contribution >= 4 is 28.7 Å². The summed E-state index contributed by atoms with van der Waals surface area (Å²) in [6.07, 6.45) is 2.75. The van der Waals surface area contributed by atoms with Crippen molar-refractivity contribution in [3.8, 4) is 0 Å². The Labute approximate surface area is 144 Å². The highest BCUT2D eigenvalue weighted by atomic mass is 32.1. The van der Waals surface area contributed by atoms with Crippen molar-refractivity contribution < 1.29 is 14.3 Å². The number of aromatic nitrogens is 2. The van der Waals surface area contributed by atoms with Crippen LogP contribution in [0.1, 0.15) is 34.8 Å². The molecule has 0 aliphatic carbocycles. The van der Waals surface area contributed by atoms with E-state index in [0.717, 1.165) is 18.9 Å². The Hall–Kier alpha value is -2.03. The molecule has 2 aromatic rings. The Morgan fingerprint density at radius 1 is 1.25 bits per heavy atom. The number of ether oxygens (including phenoxy) is 2. The summed E-state index contributed by atoms with van der Waals surface area (Å²) in [4.78, 5) is 23.6. The first-order valence-corrected chi connectivity index (χ1v) is 8.74. The minimum absolute atomic E-state index is 0.214. The second-order valence-corrected chi connectivity index (χ2v) is 6.23. The molecule has 0 spiro atoms. The summed E-state index contributed by atoms with van der Waals surface area (Å²) in [6, 6.07) is 3.75. The molecule has 7 nitrogen and oxygen atoms in total. The molecular weight excluding hydrogens is 328 g/mol. The lowest BCUT2D eigenvalue weighted by Gasteiger charge is -2.19. The van der Waals surface area contributed by atoms with Crippen molar-refractivity contribution in [3.05, 3.63) is 34.4 Å². The Morgan fingerprint density at radius 3 is 2.62 bits per heavy atom. The number of carbonyl (C=O) groups is 1. The minimum atomic E-state index is -0.452. The van der Waals surface area contributed by atoms with Gasteiger partial charge in [0.2, 0.25) is 6.29 Å². The third-order valence-electron chi connectivity index (χ3n) is 3.66. The van der Waals surface area contributed by atoms with Gasteiger partial charge < -0.3 is 19.7 Å². The van der Waals surface area contributed by atoms with E-state index in [4.69, 9.17) is 9.47 Å². The molecule has 3 heterocycles. The average molecular weight is 348 g/mol. The monoisotopic (exact) mass is 348 g/mol. The largest absolute Gasteiger partial charge is 0.357 e. The lowest BCUT2D eigenvalue weighted by Crippen LogP contribution is -2.22. The Kier molecular flexibility index (Phi) is 5.39. The van der Waals surface area contributed by atoms with Crippen LogP contribution in [0.3, 0.4) is 0 Å². The van der Waals surface area contributed by atoms with Crippen LogP contribution < -0.4 is 10.2 Å². The van der Waals surface area contributed by atoms with Gasteiger partial charge in [-0.25, -0.2) is 9.97 Å². The standard InChI is InChI=1S/C16H20N4O3S/c1-3-20(4-2)13-6-5-11(9-17-13)19-14(21)12-10-18-15(24-12)16-22-7-8-23-16/h5-6,9-10,16H,3-4,7-8H2,1-2H3,(H,19,21). The van der Waals surface area contributed by atoms with Gasteiger partial charge in [-0.3, -0.25) is 4.79 Å². The fourth-order valence-electron chi connectivity index (χ4n) is 2.39. The number of amides is 1. The molecule has 1 N–H and O–H groups in total. The number of hydrogen-bond acceptors (Lipinski definition) is 7. The van der Waals surface area contributed by atoms with Gasteiger partial charge in [0.15, 0.2) is 0 Å². The molecule has 128 valence electrons. The highest BCUT2D eigenvalue weighted by Gasteiger charge is 2.23. The highest BCUT2D eigenvalue weighted by Crippen LogP contribution is 2.27. The van der Waals surface area contributed by atoms with Crippen LogP contribution >= 0.6 is 11.3 Å². The second kappa shape index (κ2) is 7.69. The summed E-state index contributed by atoms with van der Waals surface area (Å²) in [5.74, 6) is 0.683. The summed E-state index contributed by atoms with van der Waals surface area (Å²) in [6.45, 7) is 7.06. The predicted octanol–water partition coefficient (Wildman–Crippen LogP) is 2.68. The number of thiazole rings is 1. The minimum Gasteiger partial charge on any atom is -0.357 e. The Morgan fingerprint density at radius 2 is 2.00 bits per heavy atom. The second-order valence-electron chi connectivity index (χ2n) is 5.17. The van der Waals surface area contributed by atoms with E-state index in [9.17, 15) is 4.79 Å². The molecule has 0 saturated carbocycles. The third kappa shape index (κ3) is 3.72. The SMILES string of the molecule is CCN(CC)c1ccc(NC(=O)c2cnc(C3OCCO3)s2)cn1. The molecule has 8 heteroatoms. The number of pyridine rings is 1. The maximum absolute atomic E-state index is 12.3. The van der Waals surface area contributed by atoms with Gasteiger partial charge in [-0.15, -0.1) is 11.3 Å². The average Bonchev–Trinajstić information content (AvgIpc) is 3.29. The number of nitrogens with zero attached hydrogens (tertiary/aromatic N) is 3. The van der Waals surface area contributed by atoms with E-state index >= 15 is 0 Å². The van der Waals surface area contributed by atoms with Crippen molar-refractivity contribution in [1.29, 1.82) is 0 Å². The molecule has 1 amide bonds. The number of nitrogens with one attached hydrogen (secondary N) is 1. The molecule has 0 unspecified atom stereocenters. The fourth-order valence-corrected chi connectivity index (χ4v) is 3.20. The zero-order valence-corrected chi connectivity index (χ0v) is 14.5. The molecule has 1 aliphatic rings. The maximum Gasteiger partial charge on any atom is 0.267 e. The van der Waals surface area contributed by atoms with Gasteiger partial charge in [-0.2, -0.15) is 0 Å². The summed E-state index contributed by atoms with van der Waals surface area (Å²) < 4.78 is 10.8. The Balaban J connectivity index is 1.64. The number of anilines is 2. The van der Waals surface area contributed by atoms with E-state index in [1.165, 1.54) is 17.5 Å². The number of carbonyl (C=O) groups excluding carboxylic acids is 1. The van der Waals surface area contributed by atoms with Gasteiger partial charge in [-0.05, 0) is 26.0 Å². The summed E-state index contributed by atoms with van der Waals surface area (Å²) >= 11 is 1.27. The van der Waals surface area contributed by atoms with Gasteiger partial charge in [0, 0.05) is 13.1 Å². The molecular formula is C16H20N4O3S. The van der Waals surface area contributed by atoms with Crippen LogP contribution in [0.4, 0.5) is 11.5 Å². The van der Waals surface area contributed by atoms with Crippen LogP contribution in [-0.4, -0.2) is 42.2 Å². The molecule has 1 fully saturated rings. The maximum atomic E-state index is 12.3. The molecule has 1 saturated heterocycles. The third-order valence-corrected chi connectivity index (χ3v) is 4.68. The molecule has 0 bridgehead atoms. The first kappa shape index (κ1) is 16.8. The van der Waals surface area contributed by atoms with Gasteiger partial charge >= 0.3 is 0 Å². The van der Waals surface area contributed by atoms with Crippen LogP contribution in [0.2, 0.25) is 0 Å². The smallest absolute Gasteiger partial charge is 0.267 e. The highest BCUT2D eigenvalue weighted by molar-refractivity contribution is 7.13. The lowest BCUT2D eigenvalue weighted by atomic mass is 10.3. The quantitative estimate of drug-likeness (QED) is 0.865. The van der Waals surface area contributed by atoms with Crippen LogP contribution in [-0.2, 0) is 9.47 Å². The summed E-state index contributed by atoms with van der Waals surface area (Å²) in [7, 11) is 0. The van der Waals surface area contributed by atoms with Gasteiger partial charge in [-0.1, -0.05) is 0 Å². The van der Waals surface area contributed by atoms with E-state index in [-0.39, 0.29) is 5.91 Å². The molecule has 2 aromatic heterocycles. The van der Waals surface area contributed by atoms with Gasteiger partial charge in [0.05, 0.1) is 31.3 Å². The molecule has 24 heavy (non-hydrogen) atoms.